The number of hydrogen-bond acceptors (Lipinski definition) is 4. The maximum atomic E-state index is 11.3. The van der Waals surface area contributed by atoms with E-state index in [0.29, 0.717) is 6.42 Å². The van der Waals surface area contributed by atoms with Crippen molar-refractivity contribution in [1.82, 2.24) is 5.32 Å². The van der Waals surface area contributed by atoms with Crippen LogP contribution in [-0.4, -0.2) is 31.3 Å². The van der Waals surface area contributed by atoms with Gasteiger partial charge in [0.15, 0.2) is 0 Å². The minimum absolute atomic E-state index is 0.220. The molecule has 82 valence electrons. The molecule has 1 rings (SSSR count). The number of phenolic OH excluding ortho intramolecular Hbond substituents is 1. The maximum absolute atomic E-state index is 11.3. The summed E-state index contributed by atoms with van der Waals surface area (Å²) in [6, 6.07) is 6.41. The van der Waals surface area contributed by atoms with Gasteiger partial charge in [0.05, 0.1) is 7.11 Å². The van der Waals surface area contributed by atoms with E-state index in [4.69, 9.17) is 5.11 Å². The first-order chi connectivity index (χ1) is 7.17. The number of benzene rings is 1. The molecule has 0 heterocycles. The highest BCUT2D eigenvalue weighted by atomic mass is 16.5. The Morgan fingerprint density at radius 3 is 2.53 bits per heavy atom. The number of carbonyl (C=O) groups is 1. The van der Waals surface area contributed by atoms with Crippen LogP contribution in [0.5, 0.6) is 5.75 Å². The molecular weight excluding hydrogens is 194 g/mol. The lowest BCUT2D eigenvalue weighted by molar-refractivity contribution is -0.142. The van der Waals surface area contributed by atoms with E-state index in [2.05, 4.69) is 10.1 Å². The molecule has 0 aliphatic rings. The van der Waals surface area contributed by atoms with Crippen molar-refractivity contribution in [2.45, 2.75) is 12.5 Å². The van der Waals surface area contributed by atoms with Gasteiger partial charge >= 0.3 is 5.97 Å². The van der Waals surface area contributed by atoms with E-state index in [1.807, 2.05) is 0 Å². The van der Waals surface area contributed by atoms with Crippen molar-refractivity contribution in [2.75, 3.05) is 14.2 Å². The fourth-order valence-electron chi connectivity index (χ4n) is 1.31. The third kappa shape index (κ3) is 3.25. The topological polar surface area (TPSA) is 58.6 Å². The van der Waals surface area contributed by atoms with Crippen LogP contribution < -0.4 is 5.32 Å². The van der Waals surface area contributed by atoms with Gasteiger partial charge in [-0.05, 0) is 31.2 Å². The summed E-state index contributed by atoms with van der Waals surface area (Å²) in [5, 5.41) is 12.0. The molecule has 0 fully saturated rings. The lowest BCUT2D eigenvalue weighted by Crippen LogP contribution is -2.36. The first-order valence-electron chi connectivity index (χ1n) is 4.70. The van der Waals surface area contributed by atoms with E-state index in [1.165, 1.54) is 7.11 Å². The molecule has 0 aliphatic carbocycles. The molecule has 0 unspecified atom stereocenters. The lowest BCUT2D eigenvalue weighted by Gasteiger charge is -2.13. The Kier molecular flexibility index (Phi) is 4.12. The summed E-state index contributed by atoms with van der Waals surface area (Å²) in [6.07, 6.45) is 0.545. The second-order valence-electron chi connectivity index (χ2n) is 3.23. The molecule has 4 heteroatoms. The molecule has 0 bridgehead atoms. The van der Waals surface area contributed by atoms with Crippen LogP contribution in [0.2, 0.25) is 0 Å². The fourth-order valence-corrected chi connectivity index (χ4v) is 1.31. The van der Waals surface area contributed by atoms with Gasteiger partial charge in [0.2, 0.25) is 0 Å². The average molecular weight is 209 g/mol. The number of ether oxygens (including phenoxy) is 1. The number of hydrogen-bond donors (Lipinski definition) is 2. The SMILES string of the molecule is CN[C@H](Cc1ccc(O)cc1)C(=O)OC. The zero-order valence-corrected chi connectivity index (χ0v) is 8.86. The largest absolute Gasteiger partial charge is 0.508 e. The summed E-state index contributed by atoms with van der Waals surface area (Å²) in [7, 11) is 3.07. The molecule has 0 radical (unpaired) electrons. The third-order valence-electron chi connectivity index (χ3n) is 2.21. The van der Waals surface area contributed by atoms with Gasteiger partial charge in [0, 0.05) is 0 Å². The number of phenols is 1. The van der Waals surface area contributed by atoms with Gasteiger partial charge in [-0.1, -0.05) is 12.1 Å². The van der Waals surface area contributed by atoms with Crippen LogP contribution in [-0.2, 0) is 16.0 Å². The van der Waals surface area contributed by atoms with Gasteiger partial charge in [-0.25, -0.2) is 0 Å². The van der Waals surface area contributed by atoms with Crippen molar-refractivity contribution in [1.29, 1.82) is 0 Å². The predicted octanol–water partition coefficient (Wildman–Crippen LogP) is 0.696. The fraction of sp³-hybridized carbons (Fsp3) is 0.364. The van der Waals surface area contributed by atoms with Gasteiger partial charge in [0.1, 0.15) is 11.8 Å². The molecule has 1 aromatic rings. The molecule has 15 heavy (non-hydrogen) atoms. The average Bonchev–Trinajstić information content (AvgIpc) is 2.27. The number of carbonyl (C=O) groups excluding carboxylic acids is 1. The summed E-state index contributed by atoms with van der Waals surface area (Å²) in [4.78, 5) is 11.3. The zero-order valence-electron chi connectivity index (χ0n) is 8.86. The van der Waals surface area contributed by atoms with Crippen molar-refractivity contribution in [3.05, 3.63) is 29.8 Å². The van der Waals surface area contributed by atoms with E-state index in [-0.39, 0.29) is 17.8 Å². The van der Waals surface area contributed by atoms with Gasteiger partial charge in [0.25, 0.3) is 0 Å². The van der Waals surface area contributed by atoms with E-state index in [9.17, 15) is 4.79 Å². The molecule has 0 amide bonds. The van der Waals surface area contributed by atoms with E-state index < -0.39 is 0 Å². The van der Waals surface area contributed by atoms with Crippen LogP contribution in [0.3, 0.4) is 0 Å². The van der Waals surface area contributed by atoms with Crippen LogP contribution >= 0.6 is 0 Å². The van der Waals surface area contributed by atoms with Crippen LogP contribution in [0, 0.1) is 0 Å². The first kappa shape index (κ1) is 11.5. The Labute approximate surface area is 88.9 Å². The Bertz CT molecular complexity index is 321. The molecule has 0 aliphatic heterocycles. The first-order valence-corrected chi connectivity index (χ1v) is 4.70. The second kappa shape index (κ2) is 5.36. The minimum Gasteiger partial charge on any atom is -0.508 e. The number of likely N-dealkylation sites (N-methyl/N-ethyl adjacent to an activating group) is 1. The highest BCUT2D eigenvalue weighted by Crippen LogP contribution is 2.11. The van der Waals surface area contributed by atoms with Crippen LogP contribution in [0.25, 0.3) is 0 Å². The van der Waals surface area contributed by atoms with Crippen LogP contribution in [0.4, 0.5) is 0 Å². The Morgan fingerprint density at radius 1 is 1.47 bits per heavy atom. The van der Waals surface area contributed by atoms with Crippen molar-refractivity contribution < 1.29 is 14.6 Å². The summed E-state index contributed by atoms with van der Waals surface area (Å²) in [5.41, 5.74) is 0.970. The van der Waals surface area contributed by atoms with Crippen molar-refractivity contribution in [2.24, 2.45) is 0 Å². The third-order valence-corrected chi connectivity index (χ3v) is 2.21. The van der Waals surface area contributed by atoms with Crippen molar-refractivity contribution in [3.8, 4) is 5.75 Å². The summed E-state index contributed by atoms with van der Waals surface area (Å²) in [6.45, 7) is 0. The molecule has 0 saturated heterocycles. The quantitative estimate of drug-likeness (QED) is 0.716. The highest BCUT2D eigenvalue weighted by molar-refractivity contribution is 5.76. The van der Waals surface area contributed by atoms with Gasteiger partial charge in [-0.3, -0.25) is 4.79 Å². The standard InChI is InChI=1S/C11H15NO3/c1-12-10(11(14)15-2)7-8-3-5-9(13)6-4-8/h3-6,10,12-13H,7H2,1-2H3/t10-/m1/s1. The van der Waals surface area contributed by atoms with E-state index >= 15 is 0 Å². The minimum atomic E-state index is -0.348. The zero-order chi connectivity index (χ0) is 11.3. The van der Waals surface area contributed by atoms with Crippen molar-refractivity contribution in [3.63, 3.8) is 0 Å². The monoisotopic (exact) mass is 209 g/mol. The van der Waals surface area contributed by atoms with Crippen LogP contribution in [0.15, 0.2) is 24.3 Å². The molecule has 0 saturated carbocycles. The smallest absolute Gasteiger partial charge is 0.323 e. The van der Waals surface area contributed by atoms with Gasteiger partial charge in [-0.2, -0.15) is 0 Å². The number of nitrogens with one attached hydrogen (secondary N) is 1. The van der Waals surface area contributed by atoms with E-state index in [0.717, 1.165) is 5.56 Å². The number of aromatic hydroxyl groups is 1. The second-order valence-corrected chi connectivity index (χ2v) is 3.23. The summed E-state index contributed by atoms with van der Waals surface area (Å²) in [5.74, 6) is -0.0663. The molecule has 0 aromatic heterocycles. The van der Waals surface area contributed by atoms with E-state index in [1.54, 1.807) is 31.3 Å². The molecule has 4 nitrogen and oxygen atoms in total. The normalized spacial score (nSPS) is 12.1. The van der Waals surface area contributed by atoms with Crippen molar-refractivity contribution >= 4 is 5.97 Å². The van der Waals surface area contributed by atoms with Crippen LogP contribution in [0.1, 0.15) is 5.56 Å². The molecule has 2 N–H and O–H groups in total. The molecule has 1 atom stereocenters. The Hall–Kier alpha value is -1.55. The number of methoxy groups -OCH3 is 1. The number of esters is 1. The Morgan fingerprint density at radius 2 is 2.07 bits per heavy atom. The van der Waals surface area contributed by atoms with Gasteiger partial charge < -0.3 is 15.2 Å². The van der Waals surface area contributed by atoms with Gasteiger partial charge in [-0.15, -0.1) is 0 Å². The number of rotatable bonds is 4. The maximum Gasteiger partial charge on any atom is 0.323 e. The molecule has 0 spiro atoms. The Balaban J connectivity index is 2.66. The molecule has 1 aromatic carbocycles. The molecular formula is C11H15NO3. The lowest BCUT2D eigenvalue weighted by atomic mass is 10.1. The summed E-state index contributed by atoms with van der Waals surface area (Å²) >= 11 is 0. The summed E-state index contributed by atoms with van der Waals surface area (Å²) < 4.78 is 4.65. The predicted molar refractivity (Wildman–Crippen MR) is 56.7 cm³/mol. The highest BCUT2D eigenvalue weighted by Gasteiger charge is 2.16.